The number of fused-ring (bicyclic) bond motifs is 2. The second-order valence-electron chi connectivity index (χ2n) is 6.01. The Morgan fingerprint density at radius 2 is 1.80 bits per heavy atom. The lowest BCUT2D eigenvalue weighted by molar-refractivity contribution is -0.991. The van der Waals surface area contributed by atoms with Crippen molar-refractivity contribution in [1.29, 1.82) is 0 Å². The van der Waals surface area contributed by atoms with Crippen LogP contribution in [0.4, 0.5) is 5.69 Å². The minimum Gasteiger partial charge on any atom is -0.595 e. The number of nitrogens with one attached hydrogen (secondary N) is 1. The molecular weight excluding hydrogens is 326 g/mol. The van der Waals surface area contributed by atoms with Crippen LogP contribution in [0.5, 0.6) is 17.2 Å². The summed E-state index contributed by atoms with van der Waals surface area (Å²) in [5, 5.41) is 19.1. The molecule has 0 fully saturated rings. The molecule has 0 spiro atoms. The number of carbonyl (C=O) groups excluding carboxylic acids is 1. The molecule has 0 saturated heterocycles. The van der Waals surface area contributed by atoms with Gasteiger partial charge < -0.3 is 19.4 Å². The highest BCUT2D eigenvalue weighted by atomic mass is 16.8. The van der Waals surface area contributed by atoms with Gasteiger partial charge in [0.25, 0.3) is 0 Å². The van der Waals surface area contributed by atoms with E-state index in [-0.39, 0.29) is 17.9 Å². The zero-order chi connectivity index (χ0) is 17.4. The third-order valence-corrected chi connectivity index (χ3v) is 4.31. The van der Waals surface area contributed by atoms with Crippen molar-refractivity contribution in [3.05, 3.63) is 52.7 Å². The molecule has 0 saturated carbocycles. The number of ketones is 1. The summed E-state index contributed by atoms with van der Waals surface area (Å²) >= 11 is 0. The predicted octanol–water partition coefficient (Wildman–Crippen LogP) is 1.96. The van der Waals surface area contributed by atoms with Gasteiger partial charge in [0.2, 0.25) is 0 Å². The Morgan fingerprint density at radius 1 is 1.04 bits per heavy atom. The zero-order valence-corrected chi connectivity index (χ0v) is 13.4. The Bertz CT molecular complexity index is 819. The monoisotopic (exact) mass is 343 g/mol. The topological polar surface area (TPSA) is 92.5 Å². The minimum absolute atomic E-state index is 0.0738. The van der Waals surface area contributed by atoms with Crippen LogP contribution in [0.2, 0.25) is 0 Å². The normalized spacial score (nSPS) is 20.2. The summed E-state index contributed by atoms with van der Waals surface area (Å²) in [6, 6.07) is 9.87. The van der Waals surface area contributed by atoms with E-state index in [1.807, 2.05) is 18.2 Å². The maximum absolute atomic E-state index is 12.5. The molecule has 2 heterocycles. The number of hydrogen-bond acceptors (Lipinski definition) is 6. The van der Waals surface area contributed by atoms with E-state index in [0.29, 0.717) is 36.0 Å². The van der Waals surface area contributed by atoms with Crippen LogP contribution in [0, 0.1) is 5.21 Å². The first kappa shape index (κ1) is 15.9. The van der Waals surface area contributed by atoms with Gasteiger partial charge in [-0.2, -0.15) is 5.23 Å². The van der Waals surface area contributed by atoms with Gasteiger partial charge in [0.15, 0.2) is 23.0 Å². The average Bonchev–Trinajstić information content (AvgIpc) is 2.86. The molecule has 4 rings (SSSR count). The summed E-state index contributed by atoms with van der Waals surface area (Å²) in [5.41, 5.74) is 1.21. The fraction of sp³-hybridized carbons (Fsp3) is 0.278. The number of hydrogen-bond donors (Lipinski definition) is 2. The van der Waals surface area contributed by atoms with E-state index in [2.05, 4.69) is 0 Å². The number of carbonyl (C=O) groups is 1. The van der Waals surface area contributed by atoms with Crippen molar-refractivity contribution in [2.24, 2.45) is 0 Å². The van der Waals surface area contributed by atoms with Crippen molar-refractivity contribution in [3.8, 4) is 17.2 Å². The molecule has 2 aliphatic rings. The molecule has 25 heavy (non-hydrogen) atoms. The standard InChI is InChI=1S/C18H17NO6/c20-14-10-17(25-15-5-3-12(19(21)22)9-13(14)15)11-2-4-16-18(8-11)24-7-1-6-23-16/h2-5,8-9,17,19,21H,1,6-7,10H2. The van der Waals surface area contributed by atoms with Crippen molar-refractivity contribution >= 4 is 11.5 Å². The van der Waals surface area contributed by atoms with Crippen LogP contribution in [0.1, 0.15) is 34.9 Å². The molecule has 0 aliphatic carbocycles. The van der Waals surface area contributed by atoms with Crippen molar-refractivity contribution in [2.75, 3.05) is 13.2 Å². The lowest BCUT2D eigenvalue weighted by atomic mass is 9.95. The molecule has 0 radical (unpaired) electrons. The highest BCUT2D eigenvalue weighted by Crippen LogP contribution is 2.39. The fourth-order valence-electron chi connectivity index (χ4n) is 3.02. The largest absolute Gasteiger partial charge is 0.595 e. The maximum atomic E-state index is 12.5. The number of ether oxygens (including phenoxy) is 3. The first-order chi connectivity index (χ1) is 12.1. The van der Waals surface area contributed by atoms with E-state index in [9.17, 15) is 10.0 Å². The summed E-state index contributed by atoms with van der Waals surface area (Å²) < 4.78 is 17.2. The highest BCUT2D eigenvalue weighted by Gasteiger charge is 2.29. The summed E-state index contributed by atoms with van der Waals surface area (Å²) in [6.07, 6.45) is 0.532. The van der Waals surface area contributed by atoms with E-state index >= 15 is 0 Å². The molecule has 2 aromatic rings. The summed E-state index contributed by atoms with van der Waals surface area (Å²) in [6.45, 7) is 1.20. The fourth-order valence-corrected chi connectivity index (χ4v) is 3.02. The Balaban J connectivity index is 1.63. The summed E-state index contributed by atoms with van der Waals surface area (Å²) in [7, 11) is 0. The Morgan fingerprint density at radius 3 is 2.60 bits per heavy atom. The smallest absolute Gasteiger partial charge is 0.170 e. The first-order valence-electron chi connectivity index (χ1n) is 8.08. The third-order valence-electron chi connectivity index (χ3n) is 4.31. The van der Waals surface area contributed by atoms with Gasteiger partial charge in [-0.15, -0.1) is 0 Å². The van der Waals surface area contributed by atoms with Crippen LogP contribution in [0.15, 0.2) is 36.4 Å². The Kier molecular flexibility index (Phi) is 4.04. The van der Waals surface area contributed by atoms with Gasteiger partial charge in [0.1, 0.15) is 11.9 Å². The lowest BCUT2D eigenvalue weighted by Gasteiger charge is -2.26. The molecule has 2 aliphatic heterocycles. The van der Waals surface area contributed by atoms with Crippen LogP contribution in [0.25, 0.3) is 0 Å². The maximum Gasteiger partial charge on any atom is 0.170 e. The molecule has 0 aromatic heterocycles. The second kappa shape index (κ2) is 6.36. The van der Waals surface area contributed by atoms with E-state index in [1.165, 1.54) is 18.2 Å². The van der Waals surface area contributed by atoms with Gasteiger partial charge in [-0.25, -0.2) is 5.21 Å². The Labute approximate surface area is 143 Å². The van der Waals surface area contributed by atoms with Crippen LogP contribution in [0.3, 0.4) is 0 Å². The molecular formula is C18H17NO6. The third kappa shape index (κ3) is 3.05. The molecule has 2 aromatic carbocycles. The SMILES string of the molecule is O=C1CC(c2ccc3c(c2)OCCCO3)Oc2ccc([NH+]([O-])O)cc21. The lowest BCUT2D eigenvalue weighted by Crippen LogP contribution is -2.99. The number of quaternary nitrogens is 1. The predicted molar refractivity (Wildman–Crippen MR) is 86.6 cm³/mol. The van der Waals surface area contributed by atoms with E-state index < -0.39 is 11.3 Å². The summed E-state index contributed by atoms with van der Waals surface area (Å²) in [4.78, 5) is 12.5. The molecule has 7 nitrogen and oxygen atoms in total. The second-order valence-corrected chi connectivity index (χ2v) is 6.01. The molecule has 0 bridgehead atoms. The van der Waals surface area contributed by atoms with Crippen LogP contribution in [-0.2, 0) is 0 Å². The highest BCUT2D eigenvalue weighted by molar-refractivity contribution is 6.00. The van der Waals surface area contributed by atoms with Gasteiger partial charge in [0, 0.05) is 18.6 Å². The van der Waals surface area contributed by atoms with Crippen molar-refractivity contribution < 1.29 is 29.4 Å². The van der Waals surface area contributed by atoms with E-state index in [0.717, 1.165) is 12.0 Å². The van der Waals surface area contributed by atoms with Crippen molar-refractivity contribution in [1.82, 2.24) is 0 Å². The number of Topliss-reactive ketones (excluding diaryl/α,β-unsaturated/α-hetero) is 1. The van der Waals surface area contributed by atoms with Crippen molar-refractivity contribution in [3.63, 3.8) is 0 Å². The van der Waals surface area contributed by atoms with Crippen LogP contribution < -0.4 is 19.4 Å². The van der Waals surface area contributed by atoms with Crippen LogP contribution in [-0.4, -0.2) is 24.2 Å². The quantitative estimate of drug-likeness (QED) is 0.810. The molecule has 2 atom stereocenters. The van der Waals surface area contributed by atoms with Gasteiger partial charge in [0.05, 0.1) is 25.2 Å². The molecule has 2 N–H and O–H groups in total. The molecule has 7 heteroatoms. The van der Waals surface area contributed by atoms with E-state index in [4.69, 9.17) is 19.4 Å². The number of rotatable bonds is 2. The average molecular weight is 343 g/mol. The first-order valence-corrected chi connectivity index (χ1v) is 8.08. The van der Waals surface area contributed by atoms with Gasteiger partial charge in [-0.1, -0.05) is 6.07 Å². The molecule has 130 valence electrons. The van der Waals surface area contributed by atoms with Crippen LogP contribution >= 0.6 is 0 Å². The van der Waals surface area contributed by atoms with Crippen molar-refractivity contribution in [2.45, 2.75) is 18.9 Å². The van der Waals surface area contributed by atoms with E-state index in [1.54, 1.807) is 0 Å². The minimum atomic E-state index is -1.07. The van der Waals surface area contributed by atoms with Gasteiger partial charge in [-0.3, -0.25) is 4.79 Å². The number of benzene rings is 2. The molecule has 0 amide bonds. The zero-order valence-electron chi connectivity index (χ0n) is 13.4. The van der Waals surface area contributed by atoms with Gasteiger partial charge >= 0.3 is 0 Å². The Hall–Kier alpha value is -2.61. The van der Waals surface area contributed by atoms with Gasteiger partial charge in [-0.05, 0) is 23.8 Å². The summed E-state index contributed by atoms with van der Waals surface area (Å²) in [5.74, 6) is 1.60. The molecule has 2 unspecified atom stereocenters.